The summed E-state index contributed by atoms with van der Waals surface area (Å²) in [5, 5.41) is 0. The van der Waals surface area contributed by atoms with Gasteiger partial charge in [0.2, 0.25) is 0 Å². The molecule has 0 radical (unpaired) electrons. The molecule has 1 aromatic rings. The third-order valence-corrected chi connectivity index (χ3v) is 4.46. The van der Waals surface area contributed by atoms with Crippen LogP contribution in [0.15, 0.2) is 12.3 Å². The van der Waals surface area contributed by atoms with Crippen molar-refractivity contribution in [1.29, 1.82) is 0 Å². The van der Waals surface area contributed by atoms with E-state index in [0.717, 1.165) is 18.9 Å². The number of hydrogen-bond acceptors (Lipinski definition) is 5. The smallest absolute Gasteiger partial charge is 0.144 e. The number of likely N-dealkylation sites (tertiary alicyclic amines) is 2. The third-order valence-electron chi connectivity index (χ3n) is 4.46. The van der Waals surface area contributed by atoms with Gasteiger partial charge in [-0.3, -0.25) is 4.90 Å². The molecular formula is C14H23N5. The van der Waals surface area contributed by atoms with Gasteiger partial charge in [0, 0.05) is 19.3 Å². The molecule has 0 saturated carbocycles. The largest absolute Gasteiger partial charge is 0.384 e. The molecule has 104 valence electrons. The molecule has 1 atom stereocenters. The Labute approximate surface area is 114 Å². The Balaban J connectivity index is 1.63. The van der Waals surface area contributed by atoms with Gasteiger partial charge in [0.05, 0.1) is 6.54 Å². The van der Waals surface area contributed by atoms with Crippen molar-refractivity contribution in [2.45, 2.75) is 25.8 Å². The maximum Gasteiger partial charge on any atom is 0.144 e. The van der Waals surface area contributed by atoms with Crippen LogP contribution in [0, 0.1) is 5.41 Å². The van der Waals surface area contributed by atoms with Crippen LogP contribution in [0.3, 0.4) is 0 Å². The van der Waals surface area contributed by atoms with E-state index in [-0.39, 0.29) is 0 Å². The van der Waals surface area contributed by atoms with Gasteiger partial charge in [-0.05, 0) is 50.9 Å². The van der Waals surface area contributed by atoms with Crippen molar-refractivity contribution < 1.29 is 0 Å². The second-order valence-electron chi connectivity index (χ2n) is 6.20. The lowest BCUT2D eigenvalue weighted by molar-refractivity contribution is 0.111. The molecule has 5 nitrogen and oxygen atoms in total. The Morgan fingerprint density at radius 3 is 3.00 bits per heavy atom. The van der Waals surface area contributed by atoms with E-state index in [1.54, 1.807) is 12.3 Å². The van der Waals surface area contributed by atoms with E-state index in [2.05, 4.69) is 26.8 Å². The number of piperidine rings is 1. The molecule has 0 bridgehead atoms. The highest BCUT2D eigenvalue weighted by atomic mass is 15.2. The zero-order valence-corrected chi connectivity index (χ0v) is 11.7. The maximum absolute atomic E-state index is 5.71. The normalized spacial score (nSPS) is 29.1. The zero-order valence-electron chi connectivity index (χ0n) is 11.7. The summed E-state index contributed by atoms with van der Waals surface area (Å²) in [6.45, 7) is 5.65. The first-order valence-electron chi connectivity index (χ1n) is 7.14. The van der Waals surface area contributed by atoms with Gasteiger partial charge >= 0.3 is 0 Å². The third kappa shape index (κ3) is 2.87. The minimum atomic E-state index is 0.507. The Morgan fingerprint density at radius 1 is 1.32 bits per heavy atom. The van der Waals surface area contributed by atoms with E-state index in [0.29, 0.717) is 11.2 Å². The summed E-state index contributed by atoms with van der Waals surface area (Å²) >= 11 is 0. The number of nitrogen functional groups attached to an aromatic ring is 1. The average molecular weight is 261 g/mol. The fourth-order valence-corrected chi connectivity index (χ4v) is 3.64. The van der Waals surface area contributed by atoms with Crippen molar-refractivity contribution in [1.82, 2.24) is 19.8 Å². The van der Waals surface area contributed by atoms with Gasteiger partial charge in [-0.1, -0.05) is 0 Å². The Hall–Kier alpha value is -1.20. The van der Waals surface area contributed by atoms with Gasteiger partial charge in [-0.2, -0.15) is 0 Å². The predicted octanol–water partition coefficient (Wildman–Crippen LogP) is 0.977. The summed E-state index contributed by atoms with van der Waals surface area (Å²) in [5.41, 5.74) is 6.22. The van der Waals surface area contributed by atoms with Crippen molar-refractivity contribution in [3.8, 4) is 0 Å². The standard InChI is InChI=1S/C14H23N5/c1-18-7-2-4-14(10-18)5-8-19(11-14)9-13-16-6-3-12(15)17-13/h3,6H,2,4-5,7-11H2,1H3,(H2,15,16,17). The van der Waals surface area contributed by atoms with Crippen LogP contribution in [0.1, 0.15) is 25.1 Å². The van der Waals surface area contributed by atoms with Gasteiger partial charge in [0.25, 0.3) is 0 Å². The van der Waals surface area contributed by atoms with Gasteiger partial charge in [-0.25, -0.2) is 9.97 Å². The summed E-state index contributed by atoms with van der Waals surface area (Å²) in [7, 11) is 2.24. The van der Waals surface area contributed by atoms with Crippen LogP contribution in [-0.2, 0) is 6.54 Å². The van der Waals surface area contributed by atoms with Crippen molar-refractivity contribution in [2.24, 2.45) is 5.41 Å². The second-order valence-corrected chi connectivity index (χ2v) is 6.20. The summed E-state index contributed by atoms with van der Waals surface area (Å²) in [4.78, 5) is 13.6. The molecule has 5 heteroatoms. The predicted molar refractivity (Wildman–Crippen MR) is 75.5 cm³/mol. The highest BCUT2D eigenvalue weighted by molar-refractivity contribution is 5.25. The summed E-state index contributed by atoms with van der Waals surface area (Å²) in [5.74, 6) is 1.41. The molecule has 2 fully saturated rings. The van der Waals surface area contributed by atoms with Crippen molar-refractivity contribution in [3.05, 3.63) is 18.1 Å². The number of hydrogen-bond donors (Lipinski definition) is 1. The summed E-state index contributed by atoms with van der Waals surface area (Å²) < 4.78 is 0. The van der Waals surface area contributed by atoms with Crippen molar-refractivity contribution >= 4 is 5.82 Å². The minimum Gasteiger partial charge on any atom is -0.384 e. The van der Waals surface area contributed by atoms with E-state index < -0.39 is 0 Å². The molecule has 2 N–H and O–H groups in total. The summed E-state index contributed by atoms with van der Waals surface area (Å²) in [6.07, 6.45) is 5.75. The molecule has 19 heavy (non-hydrogen) atoms. The van der Waals surface area contributed by atoms with Gasteiger partial charge in [0.15, 0.2) is 0 Å². The average Bonchev–Trinajstić information content (AvgIpc) is 2.71. The zero-order chi connectivity index (χ0) is 13.3. The molecule has 2 aliphatic heterocycles. The van der Waals surface area contributed by atoms with E-state index in [9.17, 15) is 0 Å². The molecule has 3 heterocycles. The quantitative estimate of drug-likeness (QED) is 0.860. The van der Waals surface area contributed by atoms with Crippen LogP contribution in [0.25, 0.3) is 0 Å². The fraction of sp³-hybridized carbons (Fsp3) is 0.714. The van der Waals surface area contributed by atoms with Crippen molar-refractivity contribution in [3.63, 3.8) is 0 Å². The second kappa shape index (κ2) is 5.06. The SMILES string of the molecule is CN1CCCC2(CCN(Cc3nccc(N)n3)C2)C1. The van der Waals surface area contributed by atoms with E-state index in [1.165, 1.54) is 38.9 Å². The Kier molecular flexibility index (Phi) is 3.41. The highest BCUT2D eigenvalue weighted by Crippen LogP contribution is 2.38. The highest BCUT2D eigenvalue weighted by Gasteiger charge is 2.40. The molecular weight excluding hydrogens is 238 g/mol. The molecule has 2 saturated heterocycles. The number of rotatable bonds is 2. The van der Waals surface area contributed by atoms with Crippen LogP contribution in [-0.4, -0.2) is 53.0 Å². The first-order chi connectivity index (χ1) is 9.15. The first-order valence-corrected chi connectivity index (χ1v) is 7.14. The fourth-order valence-electron chi connectivity index (χ4n) is 3.64. The molecule has 3 rings (SSSR count). The van der Waals surface area contributed by atoms with E-state index in [1.807, 2.05) is 0 Å². The molecule has 0 amide bonds. The number of anilines is 1. The molecule has 2 aliphatic rings. The Morgan fingerprint density at radius 2 is 2.21 bits per heavy atom. The lowest BCUT2D eigenvalue weighted by atomic mass is 9.79. The van der Waals surface area contributed by atoms with Crippen LogP contribution in [0.5, 0.6) is 0 Å². The van der Waals surface area contributed by atoms with Crippen LogP contribution < -0.4 is 5.73 Å². The minimum absolute atomic E-state index is 0.507. The molecule has 1 unspecified atom stereocenters. The maximum atomic E-state index is 5.71. The topological polar surface area (TPSA) is 58.3 Å². The van der Waals surface area contributed by atoms with Crippen LogP contribution in [0.2, 0.25) is 0 Å². The lowest BCUT2D eigenvalue weighted by Gasteiger charge is -2.38. The van der Waals surface area contributed by atoms with Gasteiger partial charge < -0.3 is 10.6 Å². The lowest BCUT2D eigenvalue weighted by Crippen LogP contribution is -2.42. The Bertz CT molecular complexity index is 449. The van der Waals surface area contributed by atoms with Gasteiger partial charge in [0.1, 0.15) is 11.6 Å². The number of nitrogens with two attached hydrogens (primary N) is 1. The van der Waals surface area contributed by atoms with Crippen molar-refractivity contribution in [2.75, 3.05) is 39.0 Å². The van der Waals surface area contributed by atoms with Crippen LogP contribution >= 0.6 is 0 Å². The number of nitrogens with zero attached hydrogens (tertiary/aromatic N) is 4. The molecule has 1 spiro atoms. The first kappa shape index (κ1) is 12.8. The van der Waals surface area contributed by atoms with Crippen LogP contribution in [0.4, 0.5) is 5.82 Å². The summed E-state index contributed by atoms with van der Waals surface area (Å²) in [6, 6.07) is 1.74. The molecule has 0 aliphatic carbocycles. The molecule has 0 aromatic carbocycles. The van der Waals surface area contributed by atoms with E-state index in [4.69, 9.17) is 5.73 Å². The number of aromatic nitrogens is 2. The van der Waals surface area contributed by atoms with E-state index >= 15 is 0 Å². The monoisotopic (exact) mass is 261 g/mol. The molecule has 1 aromatic heterocycles. The van der Waals surface area contributed by atoms with Gasteiger partial charge in [-0.15, -0.1) is 0 Å².